The lowest BCUT2D eigenvalue weighted by molar-refractivity contribution is -0.133. The van der Waals surface area contributed by atoms with Gasteiger partial charge in [-0.2, -0.15) is 0 Å². The molecule has 3 aliphatic rings. The van der Waals surface area contributed by atoms with Crippen LogP contribution in [0.5, 0.6) is 0 Å². The van der Waals surface area contributed by atoms with Gasteiger partial charge in [-0.25, -0.2) is 4.98 Å². The number of pyridine rings is 1. The maximum Gasteiger partial charge on any atom is 0.256 e. The summed E-state index contributed by atoms with van der Waals surface area (Å²) in [5.74, 6) is 1.10. The molecule has 2 aliphatic heterocycles. The molecule has 0 bridgehead atoms. The Labute approximate surface area is 193 Å². The molecular weight excluding hydrogens is 418 g/mol. The number of aromatic amines is 1. The highest BCUT2D eigenvalue weighted by molar-refractivity contribution is 5.94. The summed E-state index contributed by atoms with van der Waals surface area (Å²) in [5, 5.41) is 0. The Hall–Kier alpha value is -3.03. The van der Waals surface area contributed by atoms with E-state index >= 15 is 0 Å². The standard InChI is InChI=1S/C25H31N5O3/c31-22(14-17-6-2-1-3-7-17)29-13-10-20-19(16-29)24(32)28-23(27-20)21-9-5-12-30(21)25(33)18-8-4-11-26-15-18/h4,8,11,15,17,21H,1-3,5-7,9-10,12-14,16H2,(H,27,28,32)/t21-/m0/s1. The SMILES string of the molecule is O=C(CC1CCCCC1)N1CCc2nc([C@@H]3CCCN3C(=O)c3cccnc3)[nH]c(=O)c2C1. The van der Waals surface area contributed by atoms with E-state index in [1.165, 1.54) is 19.3 Å². The van der Waals surface area contributed by atoms with Crippen molar-refractivity contribution in [1.82, 2.24) is 24.8 Å². The number of carbonyl (C=O) groups is 2. The smallest absolute Gasteiger partial charge is 0.256 e. The number of carbonyl (C=O) groups excluding carboxylic acids is 2. The lowest BCUT2D eigenvalue weighted by atomic mass is 9.86. The van der Waals surface area contributed by atoms with E-state index in [4.69, 9.17) is 4.98 Å². The number of amides is 2. The monoisotopic (exact) mass is 449 g/mol. The van der Waals surface area contributed by atoms with Crippen molar-refractivity contribution in [2.24, 2.45) is 5.92 Å². The molecule has 2 fully saturated rings. The molecule has 0 aromatic carbocycles. The third-order valence-corrected chi connectivity index (χ3v) is 7.37. The van der Waals surface area contributed by atoms with E-state index in [-0.39, 0.29) is 23.4 Å². The minimum Gasteiger partial charge on any atom is -0.338 e. The zero-order chi connectivity index (χ0) is 22.8. The summed E-state index contributed by atoms with van der Waals surface area (Å²) in [5.41, 5.74) is 1.70. The number of fused-ring (bicyclic) bond motifs is 1. The van der Waals surface area contributed by atoms with Gasteiger partial charge in [-0.15, -0.1) is 0 Å². The highest BCUT2D eigenvalue weighted by Crippen LogP contribution is 2.32. The Balaban J connectivity index is 1.31. The van der Waals surface area contributed by atoms with Gasteiger partial charge in [-0.3, -0.25) is 19.4 Å². The zero-order valence-corrected chi connectivity index (χ0v) is 19.0. The first-order valence-electron chi connectivity index (χ1n) is 12.2. The molecule has 174 valence electrons. The van der Waals surface area contributed by atoms with E-state index in [2.05, 4.69) is 9.97 Å². The Morgan fingerprint density at radius 1 is 1.09 bits per heavy atom. The summed E-state index contributed by atoms with van der Waals surface area (Å²) in [6, 6.07) is 3.26. The molecule has 4 heterocycles. The molecule has 8 heteroatoms. The van der Waals surface area contributed by atoms with Gasteiger partial charge in [0.2, 0.25) is 5.91 Å². The maximum absolute atomic E-state index is 13.0. The fraction of sp³-hybridized carbons (Fsp3) is 0.560. The van der Waals surface area contributed by atoms with Crippen molar-refractivity contribution in [1.29, 1.82) is 0 Å². The van der Waals surface area contributed by atoms with Crippen LogP contribution < -0.4 is 5.56 Å². The number of nitrogens with one attached hydrogen (secondary N) is 1. The van der Waals surface area contributed by atoms with Crippen molar-refractivity contribution in [3.63, 3.8) is 0 Å². The van der Waals surface area contributed by atoms with Crippen molar-refractivity contribution < 1.29 is 9.59 Å². The average Bonchev–Trinajstić information content (AvgIpc) is 3.34. The molecule has 1 saturated carbocycles. The van der Waals surface area contributed by atoms with Crippen LogP contribution in [-0.4, -0.2) is 49.7 Å². The van der Waals surface area contributed by atoms with Gasteiger partial charge in [0, 0.05) is 38.3 Å². The van der Waals surface area contributed by atoms with Crippen LogP contribution in [0.4, 0.5) is 0 Å². The Morgan fingerprint density at radius 3 is 2.73 bits per heavy atom. The lowest BCUT2D eigenvalue weighted by Crippen LogP contribution is -2.41. The highest BCUT2D eigenvalue weighted by atomic mass is 16.2. The summed E-state index contributed by atoms with van der Waals surface area (Å²) >= 11 is 0. The van der Waals surface area contributed by atoms with Crippen molar-refractivity contribution >= 4 is 11.8 Å². The number of nitrogens with zero attached hydrogens (tertiary/aromatic N) is 4. The third kappa shape index (κ3) is 4.56. The number of aromatic nitrogens is 3. The Kier molecular flexibility index (Phi) is 6.24. The van der Waals surface area contributed by atoms with Crippen LogP contribution in [0.15, 0.2) is 29.3 Å². The summed E-state index contributed by atoms with van der Waals surface area (Å²) in [7, 11) is 0. The second-order valence-corrected chi connectivity index (χ2v) is 9.55. The molecule has 0 unspecified atom stereocenters. The minimum absolute atomic E-state index is 0.0922. The van der Waals surface area contributed by atoms with E-state index in [1.807, 2.05) is 4.90 Å². The molecular formula is C25H31N5O3. The van der Waals surface area contributed by atoms with Gasteiger partial charge in [0.15, 0.2) is 0 Å². The topological polar surface area (TPSA) is 99.3 Å². The first-order valence-corrected chi connectivity index (χ1v) is 12.2. The van der Waals surface area contributed by atoms with Gasteiger partial charge in [0.1, 0.15) is 5.82 Å². The van der Waals surface area contributed by atoms with Crippen LogP contribution in [0.3, 0.4) is 0 Å². The largest absolute Gasteiger partial charge is 0.338 e. The van der Waals surface area contributed by atoms with E-state index < -0.39 is 0 Å². The second-order valence-electron chi connectivity index (χ2n) is 9.55. The molecule has 2 aromatic rings. The minimum atomic E-state index is -0.248. The van der Waals surface area contributed by atoms with Crippen molar-refractivity contribution in [2.45, 2.75) is 70.4 Å². The van der Waals surface area contributed by atoms with Crippen LogP contribution in [0.25, 0.3) is 0 Å². The molecule has 1 aliphatic carbocycles. The van der Waals surface area contributed by atoms with Crippen LogP contribution in [0.1, 0.15) is 84.8 Å². The fourth-order valence-corrected chi connectivity index (χ4v) is 5.53. The Morgan fingerprint density at radius 2 is 1.94 bits per heavy atom. The van der Waals surface area contributed by atoms with Crippen LogP contribution in [-0.2, 0) is 17.8 Å². The molecule has 0 radical (unpaired) electrons. The number of rotatable bonds is 4. The molecule has 1 atom stereocenters. The highest BCUT2D eigenvalue weighted by Gasteiger charge is 2.34. The number of likely N-dealkylation sites (tertiary alicyclic amines) is 1. The zero-order valence-electron chi connectivity index (χ0n) is 19.0. The lowest BCUT2D eigenvalue weighted by Gasteiger charge is -2.31. The third-order valence-electron chi connectivity index (χ3n) is 7.37. The van der Waals surface area contributed by atoms with E-state index in [9.17, 15) is 14.4 Å². The number of hydrogen-bond acceptors (Lipinski definition) is 5. The van der Waals surface area contributed by atoms with Gasteiger partial charge < -0.3 is 14.8 Å². The van der Waals surface area contributed by atoms with Gasteiger partial charge in [0.25, 0.3) is 11.5 Å². The summed E-state index contributed by atoms with van der Waals surface area (Å²) in [6.07, 6.45) is 12.0. The van der Waals surface area contributed by atoms with Crippen molar-refractivity contribution in [3.05, 3.63) is 57.5 Å². The molecule has 8 nitrogen and oxygen atoms in total. The summed E-state index contributed by atoms with van der Waals surface area (Å²) in [4.78, 5) is 54.3. The molecule has 5 rings (SSSR count). The summed E-state index contributed by atoms with van der Waals surface area (Å²) < 4.78 is 0. The Bertz CT molecular complexity index is 1080. The molecule has 1 N–H and O–H groups in total. The van der Waals surface area contributed by atoms with Crippen molar-refractivity contribution in [2.75, 3.05) is 13.1 Å². The molecule has 1 saturated heterocycles. The molecule has 33 heavy (non-hydrogen) atoms. The molecule has 2 amide bonds. The van der Waals surface area contributed by atoms with Gasteiger partial charge in [0.05, 0.1) is 29.4 Å². The fourth-order valence-electron chi connectivity index (χ4n) is 5.53. The van der Waals surface area contributed by atoms with Crippen molar-refractivity contribution in [3.8, 4) is 0 Å². The quantitative estimate of drug-likeness (QED) is 0.774. The van der Waals surface area contributed by atoms with Gasteiger partial charge in [-0.1, -0.05) is 19.3 Å². The van der Waals surface area contributed by atoms with Gasteiger partial charge >= 0.3 is 0 Å². The maximum atomic E-state index is 13.0. The molecule has 2 aromatic heterocycles. The number of H-pyrrole nitrogens is 1. The number of hydrogen-bond donors (Lipinski definition) is 1. The van der Waals surface area contributed by atoms with E-state index in [0.29, 0.717) is 55.3 Å². The first-order chi connectivity index (χ1) is 16.1. The van der Waals surface area contributed by atoms with E-state index in [1.54, 1.807) is 29.4 Å². The predicted molar refractivity (Wildman–Crippen MR) is 122 cm³/mol. The predicted octanol–water partition coefficient (Wildman–Crippen LogP) is 3.00. The molecule has 0 spiro atoms. The average molecular weight is 450 g/mol. The van der Waals surface area contributed by atoms with Crippen LogP contribution in [0.2, 0.25) is 0 Å². The summed E-state index contributed by atoms with van der Waals surface area (Å²) in [6.45, 7) is 1.55. The van der Waals surface area contributed by atoms with Crippen LogP contribution >= 0.6 is 0 Å². The normalized spacial score (nSPS) is 21.2. The second kappa shape index (κ2) is 9.45. The van der Waals surface area contributed by atoms with E-state index in [0.717, 1.165) is 31.4 Å². The first kappa shape index (κ1) is 21.8. The van der Waals surface area contributed by atoms with Crippen LogP contribution in [0, 0.1) is 5.92 Å². The van der Waals surface area contributed by atoms with Gasteiger partial charge in [-0.05, 0) is 43.7 Å².